The van der Waals surface area contributed by atoms with Crippen molar-refractivity contribution in [3.63, 3.8) is 0 Å². The van der Waals surface area contributed by atoms with Gasteiger partial charge >= 0.3 is 0 Å². The number of amidine groups is 1. The Bertz CT molecular complexity index is 860. The highest BCUT2D eigenvalue weighted by Gasteiger charge is 2.50. The van der Waals surface area contributed by atoms with E-state index in [1.54, 1.807) is 12.1 Å². The fraction of sp³-hybridized carbons (Fsp3) is 0.368. The third-order valence-corrected chi connectivity index (χ3v) is 5.96. The molecule has 0 saturated heterocycles. The first kappa shape index (κ1) is 18.8. The molecule has 0 unspecified atom stereocenters. The van der Waals surface area contributed by atoms with E-state index in [-0.39, 0.29) is 18.9 Å². The third-order valence-electron chi connectivity index (χ3n) is 5.00. The minimum atomic E-state index is -0.655. The second kappa shape index (κ2) is 6.96. The van der Waals surface area contributed by atoms with Crippen molar-refractivity contribution in [3.05, 3.63) is 53.9 Å². The number of hydrogen-bond donors (Lipinski definition) is 2. The van der Waals surface area contributed by atoms with E-state index >= 15 is 0 Å². The van der Waals surface area contributed by atoms with E-state index < -0.39 is 23.3 Å². The number of aliphatic hydroxyl groups excluding tert-OH is 1. The van der Waals surface area contributed by atoms with Crippen molar-refractivity contribution in [2.45, 2.75) is 31.9 Å². The number of nitrogens with zero attached hydrogens (tertiary/aromatic N) is 2. The number of nitrogens with two attached hydrogens (primary N) is 1. The maximum Gasteiger partial charge on any atom is 0.154 e. The smallest absolute Gasteiger partial charge is 0.154 e. The standard InChI is InChI=1S/C18H17F2N3OS.CH4/c19-13-3-10(7-22-8-13)15-5-11(1-2-16(15)20)18-6-14(24)4-12(18)9-25-17(21)23-18;/h1-3,5,7-8,12,14,24H,4,6,9H2,(H2,21,23);1H4/t12-,14+,18+;/m0./s1. The van der Waals surface area contributed by atoms with Crippen molar-refractivity contribution in [3.8, 4) is 11.1 Å². The molecule has 0 spiro atoms. The molecule has 2 aliphatic rings. The van der Waals surface area contributed by atoms with Gasteiger partial charge in [-0.1, -0.05) is 25.3 Å². The van der Waals surface area contributed by atoms with Crippen LogP contribution in [-0.4, -0.2) is 27.1 Å². The predicted molar refractivity (Wildman–Crippen MR) is 101 cm³/mol. The third kappa shape index (κ3) is 3.10. The molecule has 0 bridgehead atoms. The lowest BCUT2D eigenvalue weighted by atomic mass is 9.80. The molecule has 1 saturated carbocycles. The molecular weight excluding hydrogens is 356 g/mol. The second-order valence-corrected chi connectivity index (χ2v) is 7.60. The topological polar surface area (TPSA) is 71.5 Å². The van der Waals surface area contributed by atoms with E-state index in [0.29, 0.717) is 23.6 Å². The van der Waals surface area contributed by atoms with Gasteiger partial charge in [0.2, 0.25) is 0 Å². The molecule has 4 nitrogen and oxygen atoms in total. The number of rotatable bonds is 2. The number of thioether (sulfide) groups is 1. The molecule has 0 amide bonds. The number of aromatic nitrogens is 1. The minimum Gasteiger partial charge on any atom is -0.393 e. The molecule has 1 fully saturated rings. The molecule has 1 aliphatic heterocycles. The summed E-state index contributed by atoms with van der Waals surface area (Å²) in [6.45, 7) is 0. The molecule has 1 aromatic carbocycles. The number of aliphatic imine (C=N–C) groups is 1. The summed E-state index contributed by atoms with van der Waals surface area (Å²) in [7, 11) is 0. The van der Waals surface area contributed by atoms with Gasteiger partial charge in [-0.2, -0.15) is 0 Å². The summed E-state index contributed by atoms with van der Waals surface area (Å²) in [6, 6.07) is 5.98. The van der Waals surface area contributed by atoms with Crippen LogP contribution in [-0.2, 0) is 5.54 Å². The van der Waals surface area contributed by atoms with Crippen LogP contribution in [0.4, 0.5) is 8.78 Å². The van der Waals surface area contributed by atoms with Crippen LogP contribution in [0.15, 0.2) is 41.7 Å². The number of halogens is 2. The molecule has 4 rings (SSSR count). The predicted octanol–water partition coefficient (Wildman–Crippen LogP) is 3.69. The first-order valence-corrected chi connectivity index (χ1v) is 9.03. The zero-order valence-corrected chi connectivity index (χ0v) is 14.1. The van der Waals surface area contributed by atoms with E-state index in [0.717, 1.165) is 17.5 Å². The Hall–Kier alpha value is -1.99. The fourth-order valence-electron chi connectivity index (χ4n) is 3.88. The lowest BCUT2D eigenvalue weighted by molar-refractivity contribution is 0.173. The summed E-state index contributed by atoms with van der Waals surface area (Å²) in [5.41, 5.74) is 6.73. The molecule has 2 aromatic rings. The van der Waals surface area contributed by atoms with Gasteiger partial charge in [0.05, 0.1) is 17.8 Å². The molecule has 1 aliphatic carbocycles. The minimum absolute atomic E-state index is 0. The van der Waals surface area contributed by atoms with Gasteiger partial charge in [-0.05, 0) is 30.2 Å². The van der Waals surface area contributed by atoms with Crippen LogP contribution in [0.25, 0.3) is 11.1 Å². The molecule has 1 aromatic heterocycles. The van der Waals surface area contributed by atoms with Crippen LogP contribution >= 0.6 is 11.8 Å². The lowest BCUT2D eigenvalue weighted by Gasteiger charge is -2.35. The van der Waals surface area contributed by atoms with Gasteiger partial charge in [-0.25, -0.2) is 8.78 Å². The van der Waals surface area contributed by atoms with E-state index in [9.17, 15) is 13.9 Å². The van der Waals surface area contributed by atoms with Crippen molar-refractivity contribution in [1.82, 2.24) is 4.98 Å². The summed E-state index contributed by atoms with van der Waals surface area (Å²) < 4.78 is 27.9. The fourth-order valence-corrected chi connectivity index (χ4v) is 4.89. The van der Waals surface area contributed by atoms with Gasteiger partial charge in [-0.3, -0.25) is 9.98 Å². The Labute approximate surface area is 155 Å². The van der Waals surface area contributed by atoms with Gasteiger partial charge < -0.3 is 10.8 Å². The average molecular weight is 377 g/mol. The van der Waals surface area contributed by atoms with E-state index in [1.807, 2.05) is 0 Å². The molecule has 0 radical (unpaired) electrons. The van der Waals surface area contributed by atoms with Gasteiger partial charge in [0, 0.05) is 35.4 Å². The number of hydrogen-bond acceptors (Lipinski definition) is 5. The summed E-state index contributed by atoms with van der Waals surface area (Å²) in [4.78, 5) is 8.46. The number of fused-ring (bicyclic) bond motifs is 1. The quantitative estimate of drug-likeness (QED) is 0.837. The SMILES string of the molecule is C.NC1=N[C@@]2(c3ccc(F)c(-c4cncc(F)c4)c3)C[C@H](O)C[C@H]2CS1. The highest BCUT2D eigenvalue weighted by Crippen LogP contribution is 2.51. The number of benzene rings is 1. The first-order chi connectivity index (χ1) is 12.0. The Morgan fingerprint density at radius 1 is 1.23 bits per heavy atom. The Morgan fingerprint density at radius 2 is 2.04 bits per heavy atom. The van der Waals surface area contributed by atoms with Gasteiger partial charge in [0.25, 0.3) is 0 Å². The molecule has 26 heavy (non-hydrogen) atoms. The molecule has 3 N–H and O–H groups in total. The maximum absolute atomic E-state index is 14.4. The van der Waals surface area contributed by atoms with Gasteiger partial charge in [0.15, 0.2) is 5.17 Å². The summed E-state index contributed by atoms with van der Waals surface area (Å²) in [5, 5.41) is 10.7. The van der Waals surface area contributed by atoms with Crippen LogP contribution in [0, 0.1) is 17.6 Å². The van der Waals surface area contributed by atoms with Crippen LogP contribution in [0.5, 0.6) is 0 Å². The molecule has 2 heterocycles. The van der Waals surface area contributed by atoms with Crippen LogP contribution in [0.2, 0.25) is 0 Å². The molecule has 138 valence electrons. The van der Waals surface area contributed by atoms with Crippen LogP contribution in [0.3, 0.4) is 0 Å². The van der Waals surface area contributed by atoms with Gasteiger partial charge in [-0.15, -0.1) is 0 Å². The maximum atomic E-state index is 14.4. The van der Waals surface area contributed by atoms with Crippen molar-refractivity contribution >= 4 is 16.9 Å². The molecule has 3 atom stereocenters. The van der Waals surface area contributed by atoms with E-state index in [1.165, 1.54) is 30.1 Å². The largest absolute Gasteiger partial charge is 0.393 e. The second-order valence-electron chi connectivity index (χ2n) is 6.56. The molecular formula is C19H21F2N3OS. The van der Waals surface area contributed by atoms with Crippen molar-refractivity contribution in [2.24, 2.45) is 16.6 Å². The summed E-state index contributed by atoms with van der Waals surface area (Å²) in [5.74, 6) is -0.0832. The Morgan fingerprint density at radius 3 is 2.81 bits per heavy atom. The number of aliphatic hydroxyl groups is 1. The zero-order chi connectivity index (χ0) is 17.6. The van der Waals surface area contributed by atoms with Gasteiger partial charge in [0.1, 0.15) is 11.6 Å². The molecule has 7 heteroatoms. The van der Waals surface area contributed by atoms with Crippen LogP contribution < -0.4 is 5.73 Å². The van der Waals surface area contributed by atoms with E-state index in [2.05, 4.69) is 9.98 Å². The normalized spacial score (nSPS) is 27.4. The van der Waals surface area contributed by atoms with Crippen molar-refractivity contribution in [1.29, 1.82) is 0 Å². The van der Waals surface area contributed by atoms with E-state index in [4.69, 9.17) is 5.73 Å². The van der Waals surface area contributed by atoms with Crippen LogP contribution in [0.1, 0.15) is 25.8 Å². The summed E-state index contributed by atoms with van der Waals surface area (Å²) >= 11 is 1.48. The highest BCUT2D eigenvalue weighted by molar-refractivity contribution is 8.13. The van der Waals surface area contributed by atoms with Crippen molar-refractivity contribution in [2.75, 3.05) is 5.75 Å². The highest BCUT2D eigenvalue weighted by atomic mass is 32.2. The Kier molecular flexibility index (Phi) is 5.03. The Balaban J connectivity index is 0.00000196. The average Bonchev–Trinajstić information content (AvgIpc) is 2.91. The monoisotopic (exact) mass is 377 g/mol. The summed E-state index contributed by atoms with van der Waals surface area (Å²) in [6.07, 6.45) is 3.13. The lowest BCUT2D eigenvalue weighted by Crippen LogP contribution is -2.36. The zero-order valence-electron chi connectivity index (χ0n) is 13.3. The number of pyridine rings is 1. The first-order valence-electron chi connectivity index (χ1n) is 8.05. The van der Waals surface area contributed by atoms with Crippen molar-refractivity contribution < 1.29 is 13.9 Å².